The van der Waals surface area contributed by atoms with E-state index >= 15 is 0 Å². The highest BCUT2D eigenvalue weighted by Crippen LogP contribution is 2.20. The summed E-state index contributed by atoms with van der Waals surface area (Å²) in [4.78, 5) is 10.4. The summed E-state index contributed by atoms with van der Waals surface area (Å²) in [7, 11) is 0. The van der Waals surface area contributed by atoms with Crippen LogP contribution >= 0.6 is 0 Å². The predicted molar refractivity (Wildman–Crippen MR) is 57.5 cm³/mol. The van der Waals surface area contributed by atoms with Gasteiger partial charge in [0.15, 0.2) is 24.8 Å². The van der Waals surface area contributed by atoms with E-state index in [-0.39, 0.29) is 6.04 Å². The summed E-state index contributed by atoms with van der Waals surface area (Å²) in [5.41, 5.74) is 1.14. The molecule has 0 bridgehead atoms. The van der Waals surface area contributed by atoms with Gasteiger partial charge in [-0.2, -0.15) is 0 Å². The molecular formula is C10H18N3O3+. The molecule has 2 rings (SSSR count). The molecule has 2 fully saturated rings. The van der Waals surface area contributed by atoms with Gasteiger partial charge in [0, 0.05) is 6.42 Å². The minimum atomic E-state index is -0.232. The van der Waals surface area contributed by atoms with Gasteiger partial charge in [-0.3, -0.25) is 5.21 Å². The van der Waals surface area contributed by atoms with E-state index in [9.17, 15) is 10.1 Å². The Labute approximate surface area is 94.4 Å². The molecule has 1 heterocycles. The molecule has 1 aliphatic heterocycles. The standard InChI is InChI=1S/C10H18N3O3/c14-11-13(15)10-4-2-1-3-9(10)12-5-7-16-8-6-12/h10,15H,1-8H2/q+1. The van der Waals surface area contributed by atoms with Crippen molar-refractivity contribution in [2.75, 3.05) is 26.3 Å². The Bertz CT molecular complexity index is 285. The Morgan fingerprint density at radius 1 is 1.38 bits per heavy atom. The van der Waals surface area contributed by atoms with Gasteiger partial charge in [0.1, 0.15) is 13.2 Å². The molecule has 0 spiro atoms. The highest BCUT2D eigenvalue weighted by Gasteiger charge is 2.33. The fourth-order valence-corrected chi connectivity index (χ4v) is 2.50. The molecule has 0 aromatic carbocycles. The van der Waals surface area contributed by atoms with E-state index in [0.717, 1.165) is 57.7 Å². The molecule has 0 aromatic rings. The van der Waals surface area contributed by atoms with Gasteiger partial charge in [-0.1, -0.05) is 6.42 Å². The quantitative estimate of drug-likeness (QED) is 0.431. The number of hydroxylamine groups is 1. The first kappa shape index (κ1) is 11.5. The maximum absolute atomic E-state index is 10.4. The molecule has 6 heteroatoms. The van der Waals surface area contributed by atoms with Gasteiger partial charge in [0.2, 0.25) is 0 Å². The first-order valence-electron chi connectivity index (χ1n) is 5.82. The van der Waals surface area contributed by atoms with Crippen LogP contribution in [0.25, 0.3) is 0 Å². The number of nitroso groups, excluding NO2 is 1. The highest BCUT2D eigenvalue weighted by atomic mass is 16.6. The number of ether oxygens (including phenoxy) is 1. The van der Waals surface area contributed by atoms with Crippen molar-refractivity contribution in [3.8, 4) is 0 Å². The molecule has 1 N–H and O–H groups in total. The SMILES string of the molecule is O=NN(O)C1CCCCC1=[N+]1CCOCC1. The van der Waals surface area contributed by atoms with E-state index in [1.807, 2.05) is 0 Å². The smallest absolute Gasteiger partial charge is 0.179 e. The van der Waals surface area contributed by atoms with Crippen molar-refractivity contribution in [3.05, 3.63) is 4.91 Å². The van der Waals surface area contributed by atoms with Crippen molar-refractivity contribution in [2.45, 2.75) is 31.7 Å². The lowest BCUT2D eigenvalue weighted by Crippen LogP contribution is -2.45. The Morgan fingerprint density at radius 3 is 2.81 bits per heavy atom. The topological polar surface area (TPSA) is 65.1 Å². The lowest BCUT2D eigenvalue weighted by atomic mass is 9.93. The van der Waals surface area contributed by atoms with Crippen molar-refractivity contribution in [1.29, 1.82) is 0 Å². The van der Waals surface area contributed by atoms with Gasteiger partial charge in [0.05, 0.1) is 5.29 Å². The molecule has 6 nitrogen and oxygen atoms in total. The Hall–Kier alpha value is -1.01. The Morgan fingerprint density at radius 2 is 2.12 bits per heavy atom. The van der Waals surface area contributed by atoms with Crippen LogP contribution < -0.4 is 0 Å². The zero-order valence-electron chi connectivity index (χ0n) is 9.34. The lowest BCUT2D eigenvalue weighted by Gasteiger charge is -2.26. The summed E-state index contributed by atoms with van der Waals surface area (Å²) >= 11 is 0. The van der Waals surface area contributed by atoms with Crippen LogP contribution in [0.2, 0.25) is 0 Å². The maximum Gasteiger partial charge on any atom is 0.179 e. The number of nitrogens with zero attached hydrogens (tertiary/aromatic N) is 3. The Balaban J connectivity index is 2.17. The van der Waals surface area contributed by atoms with Gasteiger partial charge >= 0.3 is 0 Å². The van der Waals surface area contributed by atoms with E-state index in [1.54, 1.807) is 0 Å². The van der Waals surface area contributed by atoms with Gasteiger partial charge in [0.25, 0.3) is 0 Å². The van der Waals surface area contributed by atoms with Gasteiger partial charge in [-0.05, 0) is 12.8 Å². The van der Waals surface area contributed by atoms with Crippen LogP contribution in [-0.4, -0.2) is 53.0 Å². The molecule has 0 radical (unpaired) electrons. The molecule has 2 aliphatic rings. The molecule has 1 aliphatic carbocycles. The number of hydrogen-bond donors (Lipinski definition) is 1. The van der Waals surface area contributed by atoms with Gasteiger partial charge < -0.3 is 4.74 Å². The minimum Gasteiger partial charge on any atom is -0.368 e. The second kappa shape index (κ2) is 5.36. The van der Waals surface area contributed by atoms with Gasteiger partial charge in [-0.25, -0.2) is 4.58 Å². The second-order valence-corrected chi connectivity index (χ2v) is 4.25. The summed E-state index contributed by atoms with van der Waals surface area (Å²) in [6, 6.07) is -0.232. The summed E-state index contributed by atoms with van der Waals surface area (Å²) < 4.78 is 7.52. The molecule has 1 saturated carbocycles. The molecule has 1 saturated heterocycles. The second-order valence-electron chi connectivity index (χ2n) is 4.25. The zero-order valence-corrected chi connectivity index (χ0v) is 9.34. The fraction of sp³-hybridized carbons (Fsp3) is 0.900. The molecule has 16 heavy (non-hydrogen) atoms. The third-order valence-corrected chi connectivity index (χ3v) is 3.32. The first-order valence-corrected chi connectivity index (χ1v) is 5.82. The van der Waals surface area contributed by atoms with Crippen LogP contribution in [0.3, 0.4) is 0 Å². The number of morpholine rings is 1. The van der Waals surface area contributed by atoms with E-state index in [0.29, 0.717) is 5.17 Å². The van der Waals surface area contributed by atoms with Crippen molar-refractivity contribution >= 4 is 5.71 Å². The normalized spacial score (nSPS) is 26.7. The van der Waals surface area contributed by atoms with E-state index < -0.39 is 0 Å². The van der Waals surface area contributed by atoms with E-state index in [4.69, 9.17) is 4.74 Å². The molecule has 90 valence electrons. The summed E-state index contributed by atoms with van der Waals surface area (Å²) in [6.07, 6.45) is 3.90. The summed E-state index contributed by atoms with van der Waals surface area (Å²) in [6.45, 7) is 3.13. The van der Waals surface area contributed by atoms with Crippen LogP contribution in [0.4, 0.5) is 0 Å². The monoisotopic (exact) mass is 228 g/mol. The largest absolute Gasteiger partial charge is 0.368 e. The van der Waals surface area contributed by atoms with Crippen molar-refractivity contribution in [2.24, 2.45) is 5.29 Å². The minimum absolute atomic E-state index is 0.232. The zero-order chi connectivity index (χ0) is 11.4. The molecular weight excluding hydrogens is 210 g/mol. The van der Waals surface area contributed by atoms with E-state index in [2.05, 4.69) is 9.86 Å². The van der Waals surface area contributed by atoms with Crippen molar-refractivity contribution in [3.63, 3.8) is 0 Å². The summed E-state index contributed by atoms with van der Waals surface area (Å²) in [5.74, 6) is 0. The predicted octanol–water partition coefficient (Wildman–Crippen LogP) is 0.785. The number of rotatable bonds is 2. The Kier molecular flexibility index (Phi) is 3.84. The molecule has 1 atom stereocenters. The van der Waals surface area contributed by atoms with Crippen LogP contribution in [0.5, 0.6) is 0 Å². The van der Waals surface area contributed by atoms with Crippen LogP contribution in [0, 0.1) is 4.91 Å². The van der Waals surface area contributed by atoms with Crippen LogP contribution in [0.1, 0.15) is 25.7 Å². The highest BCUT2D eigenvalue weighted by molar-refractivity contribution is 5.85. The van der Waals surface area contributed by atoms with Crippen LogP contribution in [0.15, 0.2) is 5.29 Å². The average Bonchev–Trinajstić information content (AvgIpc) is 2.39. The molecule has 1 unspecified atom stereocenters. The third-order valence-electron chi connectivity index (χ3n) is 3.32. The maximum atomic E-state index is 10.4. The molecule has 0 amide bonds. The van der Waals surface area contributed by atoms with Gasteiger partial charge in [-0.15, -0.1) is 10.1 Å². The fourth-order valence-electron chi connectivity index (χ4n) is 2.50. The summed E-state index contributed by atoms with van der Waals surface area (Å²) in [5, 5.41) is 12.6. The lowest BCUT2D eigenvalue weighted by molar-refractivity contribution is -0.553. The van der Waals surface area contributed by atoms with Crippen LogP contribution in [-0.2, 0) is 4.74 Å². The van der Waals surface area contributed by atoms with Crippen molar-refractivity contribution < 1.29 is 14.5 Å². The first-order chi connectivity index (χ1) is 7.83. The van der Waals surface area contributed by atoms with E-state index in [1.165, 1.54) is 0 Å². The molecule has 0 aromatic heterocycles. The number of hydrogen-bond acceptors (Lipinski definition) is 4. The van der Waals surface area contributed by atoms with Crippen molar-refractivity contribution in [1.82, 2.24) is 5.17 Å². The average molecular weight is 228 g/mol. The third kappa shape index (κ3) is 2.38.